The maximum atomic E-state index is 13.1. The predicted molar refractivity (Wildman–Crippen MR) is 53.7 cm³/mol. The van der Waals surface area contributed by atoms with Crippen LogP contribution in [0.15, 0.2) is 18.2 Å². The first kappa shape index (κ1) is 12.3. The Morgan fingerprint density at radius 1 is 1.44 bits per heavy atom. The van der Waals surface area contributed by atoms with E-state index in [1.165, 1.54) is 12.2 Å². The number of hydrogen-bond donors (Lipinski definition) is 1. The summed E-state index contributed by atoms with van der Waals surface area (Å²) in [4.78, 5) is 9.64. The molecule has 16 heavy (non-hydrogen) atoms. The van der Waals surface area contributed by atoms with Crippen molar-refractivity contribution in [1.29, 1.82) is 0 Å². The lowest BCUT2D eigenvalue weighted by molar-refractivity contribution is -0.387. The highest BCUT2D eigenvalue weighted by atomic mass is 19.1. The number of halogens is 2. The van der Waals surface area contributed by atoms with Crippen LogP contribution in [0.5, 0.6) is 0 Å². The zero-order valence-electron chi connectivity index (χ0n) is 8.19. The minimum absolute atomic E-state index is 0.137. The van der Waals surface area contributed by atoms with Gasteiger partial charge in [-0.1, -0.05) is 12.2 Å². The molecule has 0 unspecified atom stereocenters. The zero-order chi connectivity index (χ0) is 12.1. The van der Waals surface area contributed by atoms with Crippen LogP contribution in [0.2, 0.25) is 0 Å². The molecule has 1 aromatic carbocycles. The average molecular weight is 229 g/mol. The largest absolute Gasteiger partial charge is 0.396 e. The third-order valence-corrected chi connectivity index (χ3v) is 1.83. The van der Waals surface area contributed by atoms with Crippen LogP contribution in [0, 0.1) is 21.7 Å². The number of nitro benzene ring substituents is 1. The lowest BCUT2D eigenvalue weighted by atomic mass is 10.1. The van der Waals surface area contributed by atoms with Crippen LogP contribution in [-0.4, -0.2) is 16.6 Å². The van der Waals surface area contributed by atoms with Crippen molar-refractivity contribution in [2.24, 2.45) is 0 Å². The molecule has 1 N–H and O–H groups in total. The molecule has 0 aliphatic heterocycles. The molecule has 0 fully saturated rings. The van der Waals surface area contributed by atoms with Gasteiger partial charge in [0.05, 0.1) is 10.5 Å². The molecule has 0 radical (unpaired) electrons. The quantitative estimate of drug-likeness (QED) is 0.636. The fourth-order valence-corrected chi connectivity index (χ4v) is 1.19. The van der Waals surface area contributed by atoms with Crippen LogP contribution in [0.1, 0.15) is 12.0 Å². The molecule has 0 aliphatic carbocycles. The van der Waals surface area contributed by atoms with Crippen molar-refractivity contribution in [3.8, 4) is 0 Å². The van der Waals surface area contributed by atoms with Gasteiger partial charge in [0.1, 0.15) is 5.82 Å². The molecule has 6 heteroatoms. The van der Waals surface area contributed by atoms with Gasteiger partial charge in [0.15, 0.2) is 0 Å². The van der Waals surface area contributed by atoms with E-state index in [-0.39, 0.29) is 18.6 Å². The van der Waals surface area contributed by atoms with Gasteiger partial charge in [0.25, 0.3) is 0 Å². The maximum absolute atomic E-state index is 13.1. The monoisotopic (exact) mass is 229 g/mol. The summed E-state index contributed by atoms with van der Waals surface area (Å²) < 4.78 is 25.9. The summed E-state index contributed by atoms with van der Waals surface area (Å²) in [5.41, 5.74) is -0.925. The number of nitrogens with zero attached hydrogens (tertiary/aromatic N) is 1. The van der Waals surface area contributed by atoms with Crippen molar-refractivity contribution in [1.82, 2.24) is 0 Å². The minimum atomic E-state index is -1.21. The van der Waals surface area contributed by atoms with E-state index < -0.39 is 22.2 Å². The first-order valence-corrected chi connectivity index (χ1v) is 4.47. The third-order valence-electron chi connectivity index (χ3n) is 1.83. The molecule has 1 aromatic rings. The Hall–Kier alpha value is -1.82. The van der Waals surface area contributed by atoms with Gasteiger partial charge in [0, 0.05) is 12.7 Å². The van der Waals surface area contributed by atoms with Crippen molar-refractivity contribution in [2.75, 3.05) is 6.61 Å². The van der Waals surface area contributed by atoms with Gasteiger partial charge >= 0.3 is 5.69 Å². The molecule has 1 rings (SSSR count). The first-order chi connectivity index (χ1) is 7.56. The normalized spacial score (nSPS) is 10.9. The second-order valence-corrected chi connectivity index (χ2v) is 3.00. The Labute approximate surface area is 90.0 Å². The standard InChI is InChI=1S/C10H9F2NO3/c11-8-5-7(3-1-2-4-14)10(13(15)16)9(12)6-8/h1,3,5-6,14H,2,4H2. The Kier molecular flexibility index (Phi) is 4.07. The molecule has 0 heterocycles. The number of benzene rings is 1. The van der Waals surface area contributed by atoms with Gasteiger partial charge in [-0.25, -0.2) is 4.39 Å². The molecule has 0 saturated heterocycles. The summed E-state index contributed by atoms with van der Waals surface area (Å²) in [5.74, 6) is -2.10. The van der Waals surface area contributed by atoms with Crippen molar-refractivity contribution in [3.63, 3.8) is 0 Å². The number of aliphatic hydroxyl groups is 1. The van der Waals surface area contributed by atoms with Gasteiger partial charge in [-0.2, -0.15) is 4.39 Å². The molecule has 0 bridgehead atoms. The van der Waals surface area contributed by atoms with E-state index in [1.807, 2.05) is 0 Å². The molecule has 0 atom stereocenters. The topological polar surface area (TPSA) is 63.4 Å². The molecule has 0 aliphatic rings. The molecule has 4 nitrogen and oxygen atoms in total. The number of hydrogen-bond acceptors (Lipinski definition) is 3. The van der Waals surface area contributed by atoms with Gasteiger partial charge in [-0.05, 0) is 12.5 Å². The maximum Gasteiger partial charge on any atom is 0.312 e. The van der Waals surface area contributed by atoms with Gasteiger partial charge < -0.3 is 5.11 Å². The van der Waals surface area contributed by atoms with Crippen molar-refractivity contribution >= 4 is 11.8 Å². The highest BCUT2D eigenvalue weighted by Gasteiger charge is 2.19. The minimum Gasteiger partial charge on any atom is -0.396 e. The molecule has 0 saturated carbocycles. The number of rotatable bonds is 4. The van der Waals surface area contributed by atoms with E-state index in [1.54, 1.807) is 0 Å². The molecule has 0 amide bonds. The van der Waals surface area contributed by atoms with Gasteiger partial charge in [-0.3, -0.25) is 10.1 Å². The molecular formula is C10H9F2NO3. The lowest BCUT2D eigenvalue weighted by Crippen LogP contribution is -1.97. The first-order valence-electron chi connectivity index (χ1n) is 4.47. The van der Waals surface area contributed by atoms with Crippen LogP contribution in [0.25, 0.3) is 6.08 Å². The third kappa shape index (κ3) is 2.83. The number of nitro groups is 1. The highest BCUT2D eigenvalue weighted by Crippen LogP contribution is 2.25. The molecular weight excluding hydrogens is 220 g/mol. The van der Waals surface area contributed by atoms with Gasteiger partial charge in [-0.15, -0.1) is 0 Å². The molecule has 0 aromatic heterocycles. The Morgan fingerprint density at radius 2 is 2.12 bits per heavy atom. The van der Waals surface area contributed by atoms with Crippen LogP contribution < -0.4 is 0 Å². The summed E-state index contributed by atoms with van der Waals surface area (Å²) in [6, 6.07) is 1.33. The number of aliphatic hydroxyl groups excluding tert-OH is 1. The van der Waals surface area contributed by atoms with E-state index in [0.29, 0.717) is 6.07 Å². The summed E-state index contributed by atoms with van der Waals surface area (Å²) in [7, 11) is 0. The second kappa shape index (κ2) is 5.32. The smallest absolute Gasteiger partial charge is 0.312 e. The van der Waals surface area contributed by atoms with E-state index in [4.69, 9.17) is 5.11 Å². The predicted octanol–water partition coefficient (Wildman–Crippen LogP) is 2.27. The molecule has 0 spiro atoms. The average Bonchev–Trinajstić information content (AvgIpc) is 2.16. The van der Waals surface area contributed by atoms with Crippen LogP contribution in [0.4, 0.5) is 14.5 Å². The Bertz CT molecular complexity index is 432. The molecule has 86 valence electrons. The van der Waals surface area contributed by atoms with E-state index in [9.17, 15) is 18.9 Å². The Balaban J connectivity index is 3.19. The van der Waals surface area contributed by atoms with Crippen LogP contribution in [0.3, 0.4) is 0 Å². The van der Waals surface area contributed by atoms with Crippen molar-refractivity contribution in [2.45, 2.75) is 6.42 Å². The SMILES string of the molecule is O=[N+]([O-])c1c(F)cc(F)cc1C=CCCO. The van der Waals surface area contributed by atoms with Crippen LogP contribution in [-0.2, 0) is 0 Å². The fraction of sp³-hybridized carbons (Fsp3) is 0.200. The summed E-state index contributed by atoms with van der Waals surface area (Å²) >= 11 is 0. The Morgan fingerprint density at radius 3 is 2.69 bits per heavy atom. The summed E-state index contributed by atoms with van der Waals surface area (Å²) in [6.07, 6.45) is 2.87. The summed E-state index contributed by atoms with van der Waals surface area (Å²) in [6.45, 7) is -0.137. The van der Waals surface area contributed by atoms with E-state index in [0.717, 1.165) is 6.07 Å². The van der Waals surface area contributed by atoms with E-state index in [2.05, 4.69) is 0 Å². The highest BCUT2D eigenvalue weighted by molar-refractivity contribution is 5.61. The van der Waals surface area contributed by atoms with E-state index >= 15 is 0 Å². The van der Waals surface area contributed by atoms with Crippen molar-refractivity contribution in [3.05, 3.63) is 45.5 Å². The summed E-state index contributed by atoms with van der Waals surface area (Å²) in [5, 5.41) is 19.0. The fourth-order valence-electron chi connectivity index (χ4n) is 1.19. The van der Waals surface area contributed by atoms with Gasteiger partial charge in [0.2, 0.25) is 5.82 Å². The zero-order valence-corrected chi connectivity index (χ0v) is 8.19. The van der Waals surface area contributed by atoms with Crippen LogP contribution >= 0.6 is 0 Å². The second-order valence-electron chi connectivity index (χ2n) is 3.00. The lowest BCUT2D eigenvalue weighted by Gasteiger charge is -1.99. The van der Waals surface area contributed by atoms with Crippen molar-refractivity contribution < 1.29 is 18.8 Å².